The highest BCUT2D eigenvalue weighted by atomic mass is 19.1. The average molecular weight is 414 g/mol. The van der Waals surface area contributed by atoms with Crippen molar-refractivity contribution in [3.8, 4) is 0 Å². The van der Waals surface area contributed by atoms with E-state index < -0.39 is 0 Å². The fourth-order valence-electron chi connectivity index (χ4n) is 4.17. The molecule has 2 aliphatic carbocycles. The number of carbonyl (C=O) groups excluding carboxylic acids is 1. The molecule has 1 fully saturated rings. The molecule has 0 amide bonds. The molecule has 0 saturated heterocycles. The van der Waals surface area contributed by atoms with E-state index in [1.807, 2.05) is 26.0 Å². The Morgan fingerprint density at radius 1 is 1.30 bits per heavy atom. The van der Waals surface area contributed by atoms with Gasteiger partial charge in [-0.05, 0) is 77.9 Å². The molecule has 1 aromatic rings. The summed E-state index contributed by atoms with van der Waals surface area (Å²) in [5.74, 6) is 0.711. The lowest BCUT2D eigenvalue weighted by atomic mass is 9.81. The Labute approximate surface area is 180 Å². The van der Waals surface area contributed by atoms with Crippen LogP contribution in [-0.4, -0.2) is 18.8 Å². The van der Waals surface area contributed by atoms with Gasteiger partial charge in [0, 0.05) is 5.71 Å². The van der Waals surface area contributed by atoms with Gasteiger partial charge < -0.3 is 10.1 Å². The van der Waals surface area contributed by atoms with Crippen LogP contribution < -0.4 is 0 Å². The number of hydrogen-bond donors (Lipinski definition) is 1. The summed E-state index contributed by atoms with van der Waals surface area (Å²) in [4.78, 5) is 10.2. The summed E-state index contributed by atoms with van der Waals surface area (Å²) in [6.07, 6.45) is 9.93. The van der Waals surface area contributed by atoms with Crippen molar-refractivity contribution in [3.05, 3.63) is 52.9 Å². The van der Waals surface area contributed by atoms with Crippen molar-refractivity contribution in [1.29, 1.82) is 5.41 Å². The first-order valence-corrected chi connectivity index (χ1v) is 11.4. The summed E-state index contributed by atoms with van der Waals surface area (Å²) in [7, 11) is 0. The van der Waals surface area contributed by atoms with Crippen LogP contribution >= 0.6 is 0 Å². The third-order valence-corrected chi connectivity index (χ3v) is 5.95. The number of ether oxygens (including phenoxy) is 1. The number of hydrogen-bond acceptors (Lipinski definition) is 3. The van der Waals surface area contributed by atoms with E-state index in [1.165, 1.54) is 0 Å². The largest absolute Gasteiger partial charge is 0.468 e. The van der Waals surface area contributed by atoms with Crippen LogP contribution in [0.15, 0.2) is 35.9 Å². The molecular formula is C26H36FNO2. The van der Waals surface area contributed by atoms with E-state index in [4.69, 9.17) is 10.1 Å². The van der Waals surface area contributed by atoms with Crippen LogP contribution in [0.4, 0.5) is 4.39 Å². The minimum atomic E-state index is -0.147. The fourth-order valence-corrected chi connectivity index (χ4v) is 4.17. The Morgan fingerprint density at radius 3 is 2.73 bits per heavy atom. The first kappa shape index (κ1) is 24.0. The molecule has 0 bridgehead atoms. The molecule has 3 nitrogen and oxygen atoms in total. The van der Waals surface area contributed by atoms with E-state index in [-0.39, 0.29) is 17.7 Å². The van der Waals surface area contributed by atoms with Gasteiger partial charge in [0.25, 0.3) is 6.47 Å². The quantitative estimate of drug-likeness (QED) is 0.347. The maximum atomic E-state index is 14.8. The smallest absolute Gasteiger partial charge is 0.293 e. The molecule has 3 rings (SSSR count). The van der Waals surface area contributed by atoms with Gasteiger partial charge in [-0.2, -0.15) is 0 Å². The highest BCUT2D eigenvalue weighted by Crippen LogP contribution is 2.50. The van der Waals surface area contributed by atoms with Crippen LogP contribution in [0, 0.1) is 23.1 Å². The predicted octanol–water partition coefficient (Wildman–Crippen LogP) is 7.08. The first-order valence-electron chi connectivity index (χ1n) is 11.4. The lowest BCUT2D eigenvalue weighted by Gasteiger charge is -2.24. The number of unbranched alkanes of at least 4 members (excludes halogenated alkanes) is 2. The minimum Gasteiger partial charge on any atom is -0.468 e. The summed E-state index contributed by atoms with van der Waals surface area (Å²) >= 11 is 0. The molecule has 0 aliphatic heterocycles. The molecule has 1 saturated carbocycles. The Morgan fingerprint density at radius 2 is 2.07 bits per heavy atom. The Hall–Kier alpha value is -2.23. The average Bonchev–Trinajstić information content (AvgIpc) is 3.50. The zero-order valence-corrected chi connectivity index (χ0v) is 18.8. The van der Waals surface area contributed by atoms with Gasteiger partial charge in [0.2, 0.25) is 0 Å². The lowest BCUT2D eigenvalue weighted by Crippen LogP contribution is -2.14. The molecular weight excluding hydrogens is 377 g/mol. The Kier molecular flexibility index (Phi) is 9.48. The zero-order chi connectivity index (χ0) is 22.1. The van der Waals surface area contributed by atoms with Crippen LogP contribution in [0.5, 0.6) is 0 Å². The van der Waals surface area contributed by atoms with Crippen molar-refractivity contribution in [1.82, 2.24) is 0 Å². The zero-order valence-electron chi connectivity index (χ0n) is 18.8. The van der Waals surface area contributed by atoms with Crippen LogP contribution in [0.1, 0.15) is 83.3 Å². The molecule has 1 unspecified atom stereocenters. The number of rotatable bonds is 9. The van der Waals surface area contributed by atoms with Crippen LogP contribution in [0.3, 0.4) is 0 Å². The molecule has 0 radical (unpaired) electrons. The van der Waals surface area contributed by atoms with E-state index in [0.717, 1.165) is 54.4 Å². The van der Waals surface area contributed by atoms with Gasteiger partial charge in [-0.15, -0.1) is 0 Å². The van der Waals surface area contributed by atoms with Crippen molar-refractivity contribution in [2.75, 3.05) is 6.61 Å². The highest BCUT2D eigenvalue weighted by Gasteiger charge is 2.39. The third-order valence-electron chi connectivity index (χ3n) is 5.95. The maximum absolute atomic E-state index is 14.8. The number of allylic oxidation sites excluding steroid dienone is 4. The van der Waals surface area contributed by atoms with Gasteiger partial charge in [-0.25, -0.2) is 4.39 Å². The van der Waals surface area contributed by atoms with Gasteiger partial charge in [0.05, 0.1) is 6.61 Å². The summed E-state index contributed by atoms with van der Waals surface area (Å²) in [5, 5.41) is 8.28. The molecule has 164 valence electrons. The summed E-state index contributed by atoms with van der Waals surface area (Å²) in [5.41, 5.74) is 4.49. The molecule has 4 heteroatoms. The lowest BCUT2D eigenvalue weighted by molar-refractivity contribution is -0.128. The van der Waals surface area contributed by atoms with Gasteiger partial charge in [0.1, 0.15) is 5.82 Å². The van der Waals surface area contributed by atoms with Crippen molar-refractivity contribution in [3.63, 3.8) is 0 Å². The van der Waals surface area contributed by atoms with Crippen molar-refractivity contribution >= 4 is 17.8 Å². The maximum Gasteiger partial charge on any atom is 0.293 e. The van der Waals surface area contributed by atoms with Gasteiger partial charge in [-0.3, -0.25) is 4.79 Å². The van der Waals surface area contributed by atoms with E-state index in [9.17, 15) is 9.18 Å². The monoisotopic (exact) mass is 413 g/mol. The van der Waals surface area contributed by atoms with E-state index in [1.54, 1.807) is 6.07 Å². The molecule has 0 spiro atoms. The van der Waals surface area contributed by atoms with Crippen molar-refractivity contribution in [2.24, 2.45) is 11.8 Å². The first-order chi connectivity index (χ1) is 14.5. The second-order valence-electron chi connectivity index (χ2n) is 8.08. The highest BCUT2D eigenvalue weighted by molar-refractivity contribution is 6.05. The number of nitrogens with one attached hydrogen (secondary N) is 1. The topological polar surface area (TPSA) is 50.2 Å². The Bertz CT molecular complexity index is 796. The SMILES string of the molecule is CC.CCCC/C=C1/C=C(c2ccc([C@H]3C[C@H]3CCOC=O)c(F)c2)C(C)CC1=N. The Balaban J connectivity index is 0.00000155. The van der Waals surface area contributed by atoms with Crippen LogP contribution in [0.25, 0.3) is 5.57 Å². The molecule has 2 aliphatic rings. The van der Waals surface area contributed by atoms with E-state index in [0.29, 0.717) is 31.1 Å². The van der Waals surface area contributed by atoms with Crippen LogP contribution in [0.2, 0.25) is 0 Å². The van der Waals surface area contributed by atoms with Crippen molar-refractivity contribution in [2.45, 2.75) is 72.1 Å². The van der Waals surface area contributed by atoms with E-state index >= 15 is 0 Å². The molecule has 3 atom stereocenters. The standard InChI is InChI=1S/C24H30FNO2.C2H6/c1-3-4-5-6-19-13-21(16(2)11-24(19)26)17-7-8-20(23(25)14-17)22-12-18(22)9-10-28-15-27;1-2/h6-8,13-16,18,22,26H,3-5,9-12H2,1-2H3;1-2H3/b19-6-,26-24?;/t16?,18-,22+;/m1./s1. The molecule has 0 heterocycles. The van der Waals surface area contributed by atoms with E-state index in [2.05, 4.69) is 26.0 Å². The second kappa shape index (κ2) is 11.8. The second-order valence-corrected chi connectivity index (χ2v) is 8.08. The van der Waals surface area contributed by atoms with Gasteiger partial charge in [-0.1, -0.05) is 58.7 Å². The minimum absolute atomic E-state index is 0.147. The normalized spacial score (nSPS) is 24.0. The molecule has 1 aromatic carbocycles. The predicted molar refractivity (Wildman–Crippen MR) is 122 cm³/mol. The van der Waals surface area contributed by atoms with Gasteiger partial charge in [0.15, 0.2) is 0 Å². The molecule has 30 heavy (non-hydrogen) atoms. The number of carbonyl (C=O) groups is 1. The number of benzene rings is 1. The van der Waals surface area contributed by atoms with Crippen molar-refractivity contribution < 1.29 is 13.9 Å². The molecule has 0 aromatic heterocycles. The van der Waals surface area contributed by atoms with Gasteiger partial charge >= 0.3 is 0 Å². The third kappa shape index (κ3) is 6.13. The summed E-state index contributed by atoms with van der Waals surface area (Å²) in [6, 6.07) is 5.61. The summed E-state index contributed by atoms with van der Waals surface area (Å²) < 4.78 is 19.6. The fraction of sp³-hybridized carbons (Fsp3) is 0.538. The molecule has 1 N–H and O–H groups in total. The summed E-state index contributed by atoms with van der Waals surface area (Å²) in [6.45, 7) is 9.15. The van der Waals surface area contributed by atoms with Crippen LogP contribution in [-0.2, 0) is 9.53 Å². The number of halogens is 1.